The minimum Gasteiger partial charge on any atom is -0.486 e. The number of rotatable bonds is 7. The molecule has 27 heavy (non-hydrogen) atoms. The summed E-state index contributed by atoms with van der Waals surface area (Å²) in [5.74, 6) is 1.51. The minimum absolute atomic E-state index is 0.100. The summed E-state index contributed by atoms with van der Waals surface area (Å²) in [7, 11) is 0. The van der Waals surface area contributed by atoms with Crippen molar-refractivity contribution >= 4 is 39.3 Å². The van der Waals surface area contributed by atoms with Gasteiger partial charge in [0.1, 0.15) is 12.4 Å². The van der Waals surface area contributed by atoms with Crippen molar-refractivity contribution in [2.24, 2.45) is 0 Å². The van der Waals surface area contributed by atoms with Crippen LogP contribution in [-0.2, 0) is 11.4 Å². The average molecular weight is 447 g/mol. The second-order valence-electron chi connectivity index (χ2n) is 5.85. The lowest BCUT2D eigenvalue weighted by Gasteiger charge is -2.11. The van der Waals surface area contributed by atoms with Gasteiger partial charge in [0.05, 0.1) is 5.75 Å². The molecule has 140 valence electrons. The Morgan fingerprint density at radius 1 is 1.19 bits per heavy atom. The fraction of sp³-hybridized carbons (Fsp3) is 0.211. The summed E-state index contributed by atoms with van der Waals surface area (Å²) in [4.78, 5) is 16.6. The Morgan fingerprint density at radius 3 is 2.74 bits per heavy atom. The fourth-order valence-corrected chi connectivity index (χ4v) is 3.36. The highest BCUT2D eigenvalue weighted by Crippen LogP contribution is 2.26. The number of hydrogen-bond donors (Lipinski definition) is 2. The van der Waals surface area contributed by atoms with Gasteiger partial charge in [0, 0.05) is 10.2 Å². The van der Waals surface area contributed by atoms with Crippen LogP contribution in [0, 0.1) is 13.8 Å². The van der Waals surface area contributed by atoms with E-state index in [9.17, 15) is 4.79 Å². The van der Waals surface area contributed by atoms with Crippen molar-refractivity contribution in [2.75, 3.05) is 11.1 Å². The Bertz CT molecular complexity index is 931. The second-order valence-corrected chi connectivity index (χ2v) is 7.65. The van der Waals surface area contributed by atoms with Crippen molar-refractivity contribution < 1.29 is 9.53 Å². The fourth-order valence-electron chi connectivity index (χ4n) is 2.31. The quantitative estimate of drug-likeness (QED) is 0.522. The summed E-state index contributed by atoms with van der Waals surface area (Å²) in [5.41, 5.74) is 2.96. The first-order valence-corrected chi connectivity index (χ1v) is 10.1. The summed E-state index contributed by atoms with van der Waals surface area (Å²) in [6.45, 7) is 4.29. The number of benzene rings is 2. The second kappa shape index (κ2) is 9.05. The van der Waals surface area contributed by atoms with Crippen LogP contribution in [0.4, 0.5) is 5.69 Å². The van der Waals surface area contributed by atoms with E-state index in [0.717, 1.165) is 27.0 Å². The third-order valence-electron chi connectivity index (χ3n) is 3.96. The van der Waals surface area contributed by atoms with Gasteiger partial charge >= 0.3 is 0 Å². The Labute approximate surface area is 170 Å². The molecule has 1 amide bonds. The van der Waals surface area contributed by atoms with Crippen LogP contribution in [0.1, 0.15) is 17.0 Å². The summed E-state index contributed by atoms with van der Waals surface area (Å²) >= 11 is 4.76. The third-order valence-corrected chi connectivity index (χ3v) is 5.66. The van der Waals surface area contributed by atoms with Gasteiger partial charge in [0.2, 0.25) is 11.1 Å². The molecule has 0 aliphatic heterocycles. The van der Waals surface area contributed by atoms with Crippen LogP contribution in [0.15, 0.2) is 52.1 Å². The highest BCUT2D eigenvalue weighted by molar-refractivity contribution is 9.10. The maximum atomic E-state index is 12.2. The number of para-hydroxylation sites is 1. The Morgan fingerprint density at radius 2 is 1.96 bits per heavy atom. The number of halogens is 1. The molecule has 0 spiro atoms. The molecule has 1 heterocycles. The molecule has 3 aromatic rings. The molecule has 0 atom stereocenters. The molecule has 0 saturated heterocycles. The van der Waals surface area contributed by atoms with Gasteiger partial charge in [0.25, 0.3) is 0 Å². The highest BCUT2D eigenvalue weighted by atomic mass is 79.9. The molecule has 2 aromatic carbocycles. The van der Waals surface area contributed by atoms with E-state index in [1.54, 1.807) is 0 Å². The lowest BCUT2D eigenvalue weighted by molar-refractivity contribution is -0.113. The molecule has 2 N–H and O–H groups in total. The molecular formula is C19H19BrN4O2S. The summed E-state index contributed by atoms with van der Waals surface area (Å²) < 4.78 is 6.64. The van der Waals surface area contributed by atoms with Crippen molar-refractivity contribution in [1.29, 1.82) is 0 Å². The zero-order valence-corrected chi connectivity index (χ0v) is 17.4. The molecule has 3 rings (SSSR count). The van der Waals surface area contributed by atoms with Crippen molar-refractivity contribution in [3.05, 3.63) is 63.9 Å². The van der Waals surface area contributed by atoms with E-state index in [-0.39, 0.29) is 11.7 Å². The monoisotopic (exact) mass is 446 g/mol. The molecule has 0 aliphatic rings. The zero-order valence-electron chi connectivity index (χ0n) is 15.0. The third kappa shape index (κ3) is 5.33. The number of aromatic amines is 1. The number of ether oxygens (including phenoxy) is 1. The number of carbonyl (C=O) groups excluding carboxylic acids is 1. The Balaban J connectivity index is 1.49. The Kier molecular flexibility index (Phi) is 6.52. The summed E-state index contributed by atoms with van der Waals surface area (Å²) in [5, 5.41) is 10.4. The Hall–Kier alpha value is -2.32. The van der Waals surface area contributed by atoms with Gasteiger partial charge < -0.3 is 10.1 Å². The number of carbonyl (C=O) groups is 1. The first-order valence-electron chi connectivity index (χ1n) is 8.30. The number of thioether (sulfide) groups is 1. The van der Waals surface area contributed by atoms with Crippen molar-refractivity contribution in [1.82, 2.24) is 15.2 Å². The maximum absolute atomic E-state index is 12.2. The highest BCUT2D eigenvalue weighted by Gasteiger charge is 2.11. The van der Waals surface area contributed by atoms with Crippen LogP contribution >= 0.6 is 27.7 Å². The lowest BCUT2D eigenvalue weighted by Crippen LogP contribution is -2.15. The van der Waals surface area contributed by atoms with Crippen LogP contribution in [0.5, 0.6) is 5.75 Å². The van der Waals surface area contributed by atoms with Gasteiger partial charge in [-0.05, 0) is 49.2 Å². The number of nitrogens with zero attached hydrogens (tertiary/aromatic N) is 2. The topological polar surface area (TPSA) is 79.9 Å². The van der Waals surface area contributed by atoms with E-state index in [4.69, 9.17) is 4.74 Å². The van der Waals surface area contributed by atoms with Crippen LogP contribution in [0.3, 0.4) is 0 Å². The van der Waals surface area contributed by atoms with Gasteiger partial charge in [-0.25, -0.2) is 4.98 Å². The standard InChI is InChI=1S/C19H19BrN4O2S/c1-12-13(2)16(9-8-15(12)20)21-18(25)11-27-19-22-17(23-24-19)10-26-14-6-4-3-5-7-14/h3-9H,10-11H2,1-2H3,(H,21,25)(H,22,23,24). The van der Waals surface area contributed by atoms with Gasteiger partial charge in [-0.3, -0.25) is 9.89 Å². The van der Waals surface area contributed by atoms with E-state index in [1.807, 2.05) is 56.3 Å². The number of nitrogens with one attached hydrogen (secondary N) is 2. The van der Waals surface area contributed by atoms with E-state index in [0.29, 0.717) is 17.6 Å². The first kappa shape index (κ1) is 19.4. The summed E-state index contributed by atoms with van der Waals surface area (Å²) in [6, 6.07) is 13.3. The lowest BCUT2D eigenvalue weighted by atomic mass is 10.1. The molecule has 0 aliphatic carbocycles. The smallest absolute Gasteiger partial charge is 0.234 e. The SMILES string of the molecule is Cc1c(Br)ccc(NC(=O)CSc2n[nH]c(COc3ccccc3)n2)c1C. The van der Waals surface area contributed by atoms with E-state index in [2.05, 4.69) is 36.4 Å². The molecule has 6 nitrogen and oxygen atoms in total. The molecular weight excluding hydrogens is 428 g/mol. The van der Waals surface area contributed by atoms with Gasteiger partial charge in [-0.2, -0.15) is 0 Å². The molecule has 0 fully saturated rings. The maximum Gasteiger partial charge on any atom is 0.234 e. The van der Waals surface area contributed by atoms with Gasteiger partial charge in [0.15, 0.2) is 5.82 Å². The number of amides is 1. The van der Waals surface area contributed by atoms with Crippen LogP contribution in [-0.4, -0.2) is 26.8 Å². The van der Waals surface area contributed by atoms with Crippen LogP contribution in [0.2, 0.25) is 0 Å². The average Bonchev–Trinajstić information content (AvgIpc) is 3.14. The van der Waals surface area contributed by atoms with Crippen LogP contribution < -0.4 is 10.1 Å². The molecule has 8 heteroatoms. The van der Waals surface area contributed by atoms with E-state index < -0.39 is 0 Å². The predicted octanol–water partition coefficient (Wildman–Crippen LogP) is 4.49. The predicted molar refractivity (Wildman–Crippen MR) is 110 cm³/mol. The first-order chi connectivity index (χ1) is 13.0. The number of hydrogen-bond acceptors (Lipinski definition) is 5. The van der Waals surface area contributed by atoms with E-state index in [1.165, 1.54) is 11.8 Å². The normalized spacial score (nSPS) is 10.6. The zero-order chi connectivity index (χ0) is 19.2. The molecule has 0 radical (unpaired) electrons. The van der Waals surface area contributed by atoms with E-state index >= 15 is 0 Å². The van der Waals surface area contributed by atoms with Gasteiger partial charge in [-0.1, -0.05) is 45.9 Å². The van der Waals surface area contributed by atoms with Crippen molar-refractivity contribution in [2.45, 2.75) is 25.6 Å². The molecule has 0 unspecified atom stereocenters. The minimum atomic E-state index is -0.100. The van der Waals surface area contributed by atoms with Crippen molar-refractivity contribution in [3.63, 3.8) is 0 Å². The number of H-pyrrole nitrogens is 1. The van der Waals surface area contributed by atoms with Crippen molar-refractivity contribution in [3.8, 4) is 5.75 Å². The molecule has 0 saturated carbocycles. The number of aromatic nitrogens is 3. The molecule has 0 bridgehead atoms. The summed E-state index contributed by atoms with van der Waals surface area (Å²) in [6.07, 6.45) is 0. The van der Waals surface area contributed by atoms with Crippen LogP contribution in [0.25, 0.3) is 0 Å². The van der Waals surface area contributed by atoms with Gasteiger partial charge in [-0.15, -0.1) is 5.10 Å². The number of anilines is 1. The largest absolute Gasteiger partial charge is 0.486 e. The molecule has 1 aromatic heterocycles.